The van der Waals surface area contributed by atoms with Crippen LogP contribution < -0.4 is 5.32 Å². The van der Waals surface area contributed by atoms with E-state index in [-0.39, 0.29) is 0 Å². The minimum Gasteiger partial charge on any atom is -0.508 e. The first-order valence-corrected chi connectivity index (χ1v) is 6.59. The van der Waals surface area contributed by atoms with Crippen molar-refractivity contribution in [2.75, 3.05) is 26.2 Å². The van der Waals surface area contributed by atoms with Gasteiger partial charge < -0.3 is 10.4 Å². The van der Waals surface area contributed by atoms with Crippen molar-refractivity contribution in [3.05, 3.63) is 29.8 Å². The molecule has 0 aromatic heterocycles. The van der Waals surface area contributed by atoms with E-state index in [4.69, 9.17) is 0 Å². The zero-order chi connectivity index (χ0) is 11.7. The lowest BCUT2D eigenvalue weighted by Gasteiger charge is -2.29. The summed E-state index contributed by atoms with van der Waals surface area (Å²) in [5.41, 5.74) is 1.11. The topological polar surface area (TPSA) is 35.5 Å². The van der Waals surface area contributed by atoms with Gasteiger partial charge >= 0.3 is 0 Å². The highest BCUT2D eigenvalue weighted by Gasteiger charge is 2.34. The number of fused-ring (bicyclic) bond motifs is 1. The first kappa shape index (κ1) is 11.1. The van der Waals surface area contributed by atoms with Crippen molar-refractivity contribution in [1.82, 2.24) is 10.2 Å². The Kier molecular flexibility index (Phi) is 3.04. The molecule has 2 unspecified atom stereocenters. The van der Waals surface area contributed by atoms with Crippen LogP contribution in [0, 0.1) is 0 Å². The van der Waals surface area contributed by atoms with Crippen molar-refractivity contribution < 1.29 is 5.11 Å². The molecule has 0 saturated carbocycles. The molecule has 2 N–H and O–H groups in total. The number of phenols is 1. The fraction of sp³-hybridized carbons (Fsp3) is 0.571. The summed E-state index contributed by atoms with van der Waals surface area (Å²) < 4.78 is 0. The van der Waals surface area contributed by atoms with Crippen LogP contribution in [0.15, 0.2) is 24.3 Å². The maximum absolute atomic E-state index is 10.0. The van der Waals surface area contributed by atoms with Gasteiger partial charge in [-0.2, -0.15) is 0 Å². The van der Waals surface area contributed by atoms with Gasteiger partial charge in [0.05, 0.1) is 0 Å². The molecular formula is C14H20N2O. The van der Waals surface area contributed by atoms with Gasteiger partial charge in [0.25, 0.3) is 0 Å². The lowest BCUT2D eigenvalue weighted by molar-refractivity contribution is 0.247. The molecular weight excluding hydrogens is 212 g/mol. The lowest BCUT2D eigenvalue weighted by Crippen LogP contribution is -2.34. The SMILES string of the molecule is Oc1ccccc1C1CNCCN2CCCC12. The summed E-state index contributed by atoms with van der Waals surface area (Å²) in [6.45, 7) is 4.42. The molecule has 1 aromatic rings. The van der Waals surface area contributed by atoms with Crippen LogP contribution in [0.1, 0.15) is 24.3 Å². The number of rotatable bonds is 1. The van der Waals surface area contributed by atoms with Crippen molar-refractivity contribution >= 4 is 0 Å². The van der Waals surface area contributed by atoms with E-state index in [0.717, 1.165) is 25.2 Å². The molecule has 2 aliphatic heterocycles. The van der Waals surface area contributed by atoms with E-state index in [0.29, 0.717) is 17.7 Å². The summed E-state index contributed by atoms with van der Waals surface area (Å²) in [5, 5.41) is 13.5. The number of aromatic hydroxyl groups is 1. The highest BCUT2D eigenvalue weighted by Crippen LogP contribution is 2.35. The van der Waals surface area contributed by atoms with Crippen molar-refractivity contribution in [3.8, 4) is 5.75 Å². The third-order valence-corrected chi connectivity index (χ3v) is 4.15. The third-order valence-electron chi connectivity index (χ3n) is 4.15. The van der Waals surface area contributed by atoms with Gasteiger partial charge in [-0.3, -0.25) is 4.90 Å². The van der Waals surface area contributed by atoms with Crippen LogP contribution in [-0.4, -0.2) is 42.2 Å². The van der Waals surface area contributed by atoms with Gasteiger partial charge in [0.15, 0.2) is 0 Å². The average Bonchev–Trinajstić information content (AvgIpc) is 2.71. The second-order valence-electron chi connectivity index (χ2n) is 5.11. The highest BCUT2D eigenvalue weighted by atomic mass is 16.3. The minimum atomic E-state index is 0.432. The summed E-state index contributed by atoms with van der Waals surface area (Å²) in [6.07, 6.45) is 2.56. The van der Waals surface area contributed by atoms with Crippen LogP contribution in [0.5, 0.6) is 5.75 Å². The molecule has 0 bridgehead atoms. The Morgan fingerprint density at radius 2 is 2.12 bits per heavy atom. The Morgan fingerprint density at radius 3 is 3.00 bits per heavy atom. The molecule has 17 heavy (non-hydrogen) atoms. The third kappa shape index (κ3) is 2.05. The standard InChI is InChI=1S/C14H20N2O/c17-14-6-2-1-4-11(14)12-10-15-7-9-16-8-3-5-13(12)16/h1-2,4,6,12-13,15,17H,3,5,7-10H2. The van der Waals surface area contributed by atoms with Crippen molar-refractivity contribution in [1.29, 1.82) is 0 Å². The molecule has 2 heterocycles. The van der Waals surface area contributed by atoms with Crippen LogP contribution in [0.4, 0.5) is 0 Å². The van der Waals surface area contributed by atoms with Crippen molar-refractivity contribution in [2.45, 2.75) is 24.8 Å². The maximum atomic E-state index is 10.0. The van der Waals surface area contributed by atoms with E-state index in [9.17, 15) is 5.11 Å². The van der Waals surface area contributed by atoms with Gasteiger partial charge in [-0.05, 0) is 31.0 Å². The van der Waals surface area contributed by atoms with Gasteiger partial charge in [-0.15, -0.1) is 0 Å². The second-order valence-corrected chi connectivity index (χ2v) is 5.11. The molecule has 0 aliphatic carbocycles. The summed E-state index contributed by atoms with van der Waals surface area (Å²) in [4.78, 5) is 2.58. The summed E-state index contributed by atoms with van der Waals surface area (Å²) in [5.74, 6) is 0.884. The molecule has 0 radical (unpaired) electrons. The summed E-state index contributed by atoms with van der Waals surface area (Å²) in [6, 6.07) is 8.41. The quantitative estimate of drug-likeness (QED) is 0.771. The Bertz CT molecular complexity index is 394. The molecule has 2 saturated heterocycles. The van der Waals surface area contributed by atoms with E-state index in [2.05, 4.69) is 16.3 Å². The number of hydrogen-bond acceptors (Lipinski definition) is 3. The van der Waals surface area contributed by atoms with Crippen LogP contribution >= 0.6 is 0 Å². The number of nitrogens with one attached hydrogen (secondary N) is 1. The molecule has 0 amide bonds. The van der Waals surface area contributed by atoms with Crippen LogP contribution in [0.2, 0.25) is 0 Å². The van der Waals surface area contributed by atoms with Gasteiger partial charge in [0.1, 0.15) is 5.75 Å². The van der Waals surface area contributed by atoms with E-state index in [1.165, 1.54) is 19.4 Å². The fourth-order valence-electron chi connectivity index (χ4n) is 3.32. The van der Waals surface area contributed by atoms with Crippen molar-refractivity contribution in [3.63, 3.8) is 0 Å². The number of nitrogens with zero attached hydrogens (tertiary/aromatic N) is 1. The van der Waals surface area contributed by atoms with Crippen molar-refractivity contribution in [2.24, 2.45) is 0 Å². The summed E-state index contributed by atoms with van der Waals surface area (Å²) in [7, 11) is 0. The highest BCUT2D eigenvalue weighted by molar-refractivity contribution is 5.36. The van der Waals surface area contributed by atoms with E-state index >= 15 is 0 Å². The number of phenolic OH excluding ortho intramolecular Hbond substituents is 1. The van der Waals surface area contributed by atoms with Crippen LogP contribution in [0.25, 0.3) is 0 Å². The smallest absolute Gasteiger partial charge is 0.119 e. The van der Waals surface area contributed by atoms with Gasteiger partial charge in [0.2, 0.25) is 0 Å². The Balaban J connectivity index is 1.92. The largest absolute Gasteiger partial charge is 0.508 e. The molecule has 0 spiro atoms. The predicted molar refractivity (Wildman–Crippen MR) is 68.3 cm³/mol. The maximum Gasteiger partial charge on any atom is 0.119 e. The number of benzene rings is 1. The van der Waals surface area contributed by atoms with E-state index in [1.54, 1.807) is 6.07 Å². The fourth-order valence-corrected chi connectivity index (χ4v) is 3.32. The van der Waals surface area contributed by atoms with E-state index in [1.807, 2.05) is 12.1 Å². The van der Waals surface area contributed by atoms with Gasteiger partial charge in [-0.1, -0.05) is 18.2 Å². The molecule has 3 nitrogen and oxygen atoms in total. The van der Waals surface area contributed by atoms with E-state index < -0.39 is 0 Å². The first-order chi connectivity index (χ1) is 8.36. The molecule has 2 atom stereocenters. The number of hydrogen-bond donors (Lipinski definition) is 2. The Morgan fingerprint density at radius 1 is 1.24 bits per heavy atom. The second kappa shape index (κ2) is 4.67. The molecule has 2 aliphatic rings. The predicted octanol–water partition coefficient (Wildman–Crippen LogP) is 1.54. The molecule has 92 valence electrons. The first-order valence-electron chi connectivity index (χ1n) is 6.59. The Hall–Kier alpha value is -1.06. The molecule has 3 rings (SSSR count). The summed E-state index contributed by atoms with van der Waals surface area (Å²) >= 11 is 0. The monoisotopic (exact) mass is 232 g/mol. The average molecular weight is 232 g/mol. The molecule has 3 heteroatoms. The normalized spacial score (nSPS) is 29.9. The molecule has 2 fully saturated rings. The minimum absolute atomic E-state index is 0.432. The zero-order valence-electron chi connectivity index (χ0n) is 10.1. The Labute approximate surface area is 102 Å². The van der Waals surface area contributed by atoms with Gasteiger partial charge in [0, 0.05) is 31.6 Å². The zero-order valence-corrected chi connectivity index (χ0v) is 10.1. The van der Waals surface area contributed by atoms with Crippen LogP contribution in [-0.2, 0) is 0 Å². The van der Waals surface area contributed by atoms with Gasteiger partial charge in [-0.25, -0.2) is 0 Å². The lowest BCUT2D eigenvalue weighted by atomic mass is 9.89. The van der Waals surface area contributed by atoms with Crippen LogP contribution in [0.3, 0.4) is 0 Å². The molecule has 1 aromatic carbocycles. The number of para-hydroxylation sites is 1.